The molecule has 142 valence electrons. The summed E-state index contributed by atoms with van der Waals surface area (Å²) >= 11 is 0. The monoisotopic (exact) mass is 364 g/mol. The summed E-state index contributed by atoms with van der Waals surface area (Å²) in [4.78, 5) is 11.9. The smallest absolute Gasteiger partial charge is 0.132 e. The van der Waals surface area contributed by atoms with Gasteiger partial charge in [-0.3, -0.25) is 4.90 Å². The minimum absolute atomic E-state index is 0.492. The second-order valence-corrected chi connectivity index (χ2v) is 8.58. The fourth-order valence-electron chi connectivity index (χ4n) is 3.92. The van der Waals surface area contributed by atoms with Gasteiger partial charge in [-0.2, -0.15) is 0 Å². The second kappa shape index (κ2) is 6.88. The van der Waals surface area contributed by atoms with Gasteiger partial charge < -0.3 is 10.1 Å². The highest BCUT2D eigenvalue weighted by atomic mass is 16.5. The maximum Gasteiger partial charge on any atom is 0.132 e. The normalized spacial score (nSPS) is 21.1. The topological polar surface area (TPSA) is 50.3 Å². The molecule has 3 fully saturated rings. The maximum absolute atomic E-state index is 5.33. The highest BCUT2D eigenvalue weighted by Crippen LogP contribution is 2.41. The van der Waals surface area contributed by atoms with E-state index in [4.69, 9.17) is 9.72 Å². The molecule has 27 heavy (non-hydrogen) atoms. The SMILES string of the molecule is CC(C)c1ccnc(Nc2cc(C3CN(C4COC4)C3)cc(C3CC3)n2)c1. The molecular formula is C22H28N4O. The number of nitrogens with one attached hydrogen (secondary N) is 1. The van der Waals surface area contributed by atoms with Gasteiger partial charge in [-0.1, -0.05) is 13.8 Å². The van der Waals surface area contributed by atoms with Crippen LogP contribution < -0.4 is 5.32 Å². The van der Waals surface area contributed by atoms with Gasteiger partial charge in [0.1, 0.15) is 11.6 Å². The van der Waals surface area contributed by atoms with Crippen molar-refractivity contribution in [2.24, 2.45) is 0 Å². The summed E-state index contributed by atoms with van der Waals surface area (Å²) < 4.78 is 5.33. The summed E-state index contributed by atoms with van der Waals surface area (Å²) in [7, 11) is 0. The predicted molar refractivity (Wildman–Crippen MR) is 107 cm³/mol. The third-order valence-corrected chi connectivity index (χ3v) is 6.09. The van der Waals surface area contributed by atoms with Crippen LogP contribution in [-0.4, -0.2) is 47.2 Å². The number of hydrogen-bond donors (Lipinski definition) is 1. The Hall–Kier alpha value is -1.98. The van der Waals surface area contributed by atoms with Gasteiger partial charge in [-0.05, 0) is 54.2 Å². The number of nitrogens with zero attached hydrogens (tertiary/aromatic N) is 3. The predicted octanol–water partition coefficient (Wildman–Crippen LogP) is 4.02. The van der Waals surface area contributed by atoms with Crippen LogP contribution >= 0.6 is 0 Å². The molecule has 1 saturated carbocycles. The van der Waals surface area contributed by atoms with Crippen LogP contribution in [0.15, 0.2) is 30.5 Å². The van der Waals surface area contributed by atoms with Crippen molar-refractivity contribution in [1.82, 2.24) is 14.9 Å². The zero-order valence-electron chi connectivity index (χ0n) is 16.2. The molecule has 0 radical (unpaired) electrons. The Labute approximate surface area is 161 Å². The van der Waals surface area contributed by atoms with Gasteiger partial charge in [0.2, 0.25) is 0 Å². The van der Waals surface area contributed by atoms with E-state index >= 15 is 0 Å². The van der Waals surface area contributed by atoms with E-state index in [2.05, 4.69) is 53.3 Å². The molecule has 0 atom stereocenters. The Bertz CT molecular complexity index is 823. The molecule has 0 amide bonds. The largest absolute Gasteiger partial charge is 0.378 e. The summed E-state index contributed by atoms with van der Waals surface area (Å²) in [5.41, 5.74) is 3.97. The summed E-state index contributed by atoms with van der Waals surface area (Å²) in [5, 5.41) is 3.47. The molecule has 2 aliphatic heterocycles. The molecule has 5 heteroatoms. The molecular weight excluding hydrogens is 336 g/mol. The van der Waals surface area contributed by atoms with Crippen molar-refractivity contribution in [3.63, 3.8) is 0 Å². The van der Waals surface area contributed by atoms with Crippen molar-refractivity contribution >= 4 is 11.6 Å². The van der Waals surface area contributed by atoms with E-state index in [1.54, 1.807) is 0 Å². The van der Waals surface area contributed by atoms with Crippen LogP contribution in [-0.2, 0) is 4.74 Å². The van der Waals surface area contributed by atoms with Crippen molar-refractivity contribution in [2.45, 2.75) is 50.5 Å². The first-order valence-corrected chi connectivity index (χ1v) is 10.2. The first-order chi connectivity index (χ1) is 13.2. The third-order valence-electron chi connectivity index (χ3n) is 6.09. The number of rotatable bonds is 6. The van der Waals surface area contributed by atoms with Crippen LogP contribution in [0.1, 0.15) is 61.3 Å². The van der Waals surface area contributed by atoms with Crippen molar-refractivity contribution < 1.29 is 4.74 Å². The quantitative estimate of drug-likeness (QED) is 0.839. The van der Waals surface area contributed by atoms with Gasteiger partial charge in [-0.15, -0.1) is 0 Å². The van der Waals surface area contributed by atoms with E-state index in [1.165, 1.54) is 29.7 Å². The van der Waals surface area contributed by atoms with Crippen molar-refractivity contribution in [1.29, 1.82) is 0 Å². The van der Waals surface area contributed by atoms with Crippen LogP contribution in [0, 0.1) is 0 Å². The summed E-state index contributed by atoms with van der Waals surface area (Å²) in [6.45, 7) is 8.50. The number of pyridine rings is 2. The fraction of sp³-hybridized carbons (Fsp3) is 0.545. The number of ether oxygens (including phenoxy) is 1. The average Bonchev–Trinajstić information content (AvgIpc) is 3.41. The molecule has 0 aromatic carbocycles. The standard InChI is InChI=1S/C22H28N4O/c1-14(2)16-5-6-23-21(8-16)25-22-9-17(7-20(24-22)15-3-4-15)18-10-26(11-18)19-12-27-13-19/h5-9,14-15,18-19H,3-4,10-13H2,1-2H3,(H,23,24,25). The molecule has 2 aromatic heterocycles. The minimum Gasteiger partial charge on any atom is -0.378 e. The van der Waals surface area contributed by atoms with Crippen LogP contribution in [0.2, 0.25) is 0 Å². The first-order valence-electron chi connectivity index (χ1n) is 10.2. The van der Waals surface area contributed by atoms with E-state index in [9.17, 15) is 0 Å². The average molecular weight is 364 g/mol. The Morgan fingerprint density at radius 3 is 2.56 bits per heavy atom. The molecule has 4 heterocycles. The summed E-state index contributed by atoms with van der Waals surface area (Å²) in [6, 6.07) is 9.45. The summed E-state index contributed by atoms with van der Waals surface area (Å²) in [5.74, 6) is 3.58. The van der Waals surface area contributed by atoms with Crippen LogP contribution in [0.3, 0.4) is 0 Å². The first kappa shape index (κ1) is 17.1. The lowest BCUT2D eigenvalue weighted by atomic mass is 9.89. The van der Waals surface area contributed by atoms with E-state index in [-0.39, 0.29) is 0 Å². The van der Waals surface area contributed by atoms with Gasteiger partial charge in [-0.25, -0.2) is 9.97 Å². The zero-order valence-corrected chi connectivity index (χ0v) is 16.2. The molecule has 1 aliphatic carbocycles. The molecule has 2 saturated heterocycles. The lowest BCUT2D eigenvalue weighted by molar-refractivity contribution is -0.0906. The number of anilines is 2. The number of hydrogen-bond acceptors (Lipinski definition) is 5. The van der Waals surface area contributed by atoms with Crippen molar-refractivity contribution in [3.05, 3.63) is 47.3 Å². The maximum atomic E-state index is 5.33. The van der Waals surface area contributed by atoms with E-state index < -0.39 is 0 Å². The summed E-state index contributed by atoms with van der Waals surface area (Å²) in [6.07, 6.45) is 4.42. The molecule has 0 bridgehead atoms. The molecule has 0 spiro atoms. The van der Waals surface area contributed by atoms with Gasteiger partial charge in [0.15, 0.2) is 0 Å². The van der Waals surface area contributed by atoms with Gasteiger partial charge >= 0.3 is 0 Å². The zero-order chi connectivity index (χ0) is 18.4. The highest BCUT2D eigenvalue weighted by Gasteiger charge is 2.37. The van der Waals surface area contributed by atoms with Crippen LogP contribution in [0.25, 0.3) is 0 Å². The minimum atomic E-state index is 0.492. The van der Waals surface area contributed by atoms with Crippen molar-refractivity contribution in [2.75, 3.05) is 31.6 Å². The van der Waals surface area contributed by atoms with Crippen molar-refractivity contribution in [3.8, 4) is 0 Å². The van der Waals surface area contributed by atoms with Crippen LogP contribution in [0.5, 0.6) is 0 Å². The Morgan fingerprint density at radius 1 is 1.07 bits per heavy atom. The second-order valence-electron chi connectivity index (χ2n) is 8.58. The number of aromatic nitrogens is 2. The lowest BCUT2D eigenvalue weighted by Crippen LogP contribution is -2.58. The Morgan fingerprint density at radius 2 is 1.89 bits per heavy atom. The Kier molecular flexibility index (Phi) is 4.37. The van der Waals surface area contributed by atoms with E-state index in [1.807, 2.05) is 6.20 Å². The highest BCUT2D eigenvalue weighted by molar-refractivity contribution is 5.55. The van der Waals surface area contributed by atoms with E-state index in [0.717, 1.165) is 37.9 Å². The van der Waals surface area contributed by atoms with Gasteiger partial charge in [0, 0.05) is 36.8 Å². The lowest BCUT2D eigenvalue weighted by Gasteiger charge is -2.47. The molecule has 1 N–H and O–H groups in total. The van der Waals surface area contributed by atoms with Gasteiger partial charge in [0.05, 0.1) is 19.3 Å². The fourth-order valence-corrected chi connectivity index (χ4v) is 3.92. The molecule has 5 nitrogen and oxygen atoms in total. The molecule has 2 aromatic rings. The number of likely N-dealkylation sites (tertiary alicyclic amines) is 1. The Balaban J connectivity index is 1.36. The van der Waals surface area contributed by atoms with Crippen LogP contribution in [0.4, 0.5) is 11.6 Å². The molecule has 5 rings (SSSR count). The molecule has 0 unspecified atom stereocenters. The molecule has 3 aliphatic rings. The third kappa shape index (κ3) is 3.58. The van der Waals surface area contributed by atoms with Gasteiger partial charge in [0.25, 0.3) is 0 Å². The van der Waals surface area contributed by atoms with E-state index in [0.29, 0.717) is 23.8 Å².